The Morgan fingerprint density at radius 3 is 2.71 bits per heavy atom. The van der Waals surface area contributed by atoms with Gasteiger partial charge in [0.15, 0.2) is 0 Å². The molecule has 0 radical (unpaired) electrons. The van der Waals surface area contributed by atoms with Crippen molar-refractivity contribution in [2.24, 2.45) is 5.92 Å². The molecule has 2 fully saturated rings. The fourth-order valence-electron chi connectivity index (χ4n) is 3.44. The molecular weight excluding hydrogens is 304 g/mol. The zero-order valence-corrected chi connectivity index (χ0v) is 14.5. The van der Waals surface area contributed by atoms with Crippen molar-refractivity contribution in [1.29, 1.82) is 0 Å². The number of likely N-dealkylation sites (tertiary alicyclic amines) is 1. The van der Waals surface area contributed by atoms with Crippen molar-refractivity contribution >= 4 is 11.8 Å². The zero-order valence-electron chi connectivity index (χ0n) is 14.5. The predicted molar refractivity (Wildman–Crippen MR) is 91.4 cm³/mol. The van der Waals surface area contributed by atoms with Gasteiger partial charge in [0.25, 0.3) is 0 Å². The van der Waals surface area contributed by atoms with Gasteiger partial charge in [0, 0.05) is 19.7 Å². The highest BCUT2D eigenvalue weighted by molar-refractivity contribution is 5.82. The van der Waals surface area contributed by atoms with Gasteiger partial charge in [-0.1, -0.05) is 29.8 Å². The molecule has 3 rings (SSSR count). The number of carbonyl (C=O) groups is 2. The molecule has 1 saturated carbocycles. The summed E-state index contributed by atoms with van der Waals surface area (Å²) in [5.74, 6) is -0.0733. The van der Waals surface area contributed by atoms with E-state index in [0.29, 0.717) is 12.6 Å². The van der Waals surface area contributed by atoms with E-state index in [9.17, 15) is 9.59 Å². The fraction of sp³-hybridized carbons (Fsp3) is 0.579. The lowest BCUT2D eigenvalue weighted by Crippen LogP contribution is -2.48. The number of amides is 2. The molecule has 130 valence electrons. The van der Waals surface area contributed by atoms with Crippen molar-refractivity contribution in [3.63, 3.8) is 0 Å². The molecule has 2 amide bonds. The number of carbonyl (C=O) groups excluding carboxylic acids is 2. The van der Waals surface area contributed by atoms with Gasteiger partial charge in [-0.2, -0.15) is 0 Å². The van der Waals surface area contributed by atoms with Gasteiger partial charge in [0.2, 0.25) is 11.8 Å². The molecule has 1 aliphatic carbocycles. The van der Waals surface area contributed by atoms with E-state index in [0.717, 1.165) is 31.2 Å². The molecule has 1 heterocycles. The Hall–Kier alpha value is -1.88. The molecule has 0 spiro atoms. The summed E-state index contributed by atoms with van der Waals surface area (Å²) >= 11 is 0. The maximum atomic E-state index is 12.5. The summed E-state index contributed by atoms with van der Waals surface area (Å²) in [6, 6.07) is 8.65. The van der Waals surface area contributed by atoms with Crippen LogP contribution >= 0.6 is 0 Å². The number of hydrogen-bond donors (Lipinski definition) is 1. The maximum Gasteiger partial charge on any atom is 0.249 e. The van der Waals surface area contributed by atoms with E-state index in [-0.39, 0.29) is 30.4 Å². The lowest BCUT2D eigenvalue weighted by atomic mass is 9.88. The second kappa shape index (κ2) is 7.34. The van der Waals surface area contributed by atoms with Gasteiger partial charge < -0.3 is 15.0 Å². The predicted octanol–water partition coefficient (Wildman–Crippen LogP) is 2.20. The minimum atomic E-state index is -0.118. The summed E-state index contributed by atoms with van der Waals surface area (Å²) < 4.78 is 5.04. The van der Waals surface area contributed by atoms with Crippen molar-refractivity contribution in [1.82, 2.24) is 10.2 Å². The van der Waals surface area contributed by atoms with Gasteiger partial charge in [-0.15, -0.1) is 0 Å². The van der Waals surface area contributed by atoms with Crippen molar-refractivity contribution < 1.29 is 14.3 Å². The van der Waals surface area contributed by atoms with Crippen LogP contribution in [0.25, 0.3) is 0 Å². The molecule has 1 aromatic carbocycles. The highest BCUT2D eigenvalue weighted by Gasteiger charge is 2.36. The van der Waals surface area contributed by atoms with E-state index >= 15 is 0 Å². The summed E-state index contributed by atoms with van der Waals surface area (Å²) in [6.07, 6.45) is 3.78. The minimum Gasteiger partial charge on any atom is -0.375 e. The Labute approximate surface area is 143 Å². The lowest BCUT2D eigenvalue weighted by molar-refractivity contribution is -0.142. The van der Waals surface area contributed by atoms with E-state index in [1.165, 1.54) is 12.7 Å². The van der Waals surface area contributed by atoms with Crippen LogP contribution in [-0.4, -0.2) is 43.0 Å². The molecule has 1 aliphatic heterocycles. The number of piperidine rings is 1. The number of nitrogens with one attached hydrogen (secondary N) is 1. The number of benzene rings is 1. The Kier molecular flexibility index (Phi) is 5.19. The van der Waals surface area contributed by atoms with Crippen LogP contribution in [0.15, 0.2) is 24.3 Å². The number of aryl methyl sites for hydroxylation is 1. The van der Waals surface area contributed by atoms with E-state index in [1.807, 2.05) is 11.0 Å². The third kappa shape index (κ3) is 3.96. The molecule has 2 atom stereocenters. The summed E-state index contributed by atoms with van der Waals surface area (Å²) in [6.45, 7) is 2.58. The third-order valence-electron chi connectivity index (χ3n) is 4.89. The summed E-state index contributed by atoms with van der Waals surface area (Å²) in [5.41, 5.74) is 2.32. The molecule has 0 aromatic heterocycles. The molecule has 0 bridgehead atoms. The molecule has 1 saturated heterocycles. The van der Waals surface area contributed by atoms with Crippen LogP contribution < -0.4 is 5.32 Å². The summed E-state index contributed by atoms with van der Waals surface area (Å²) in [5, 5.41) is 3.07. The van der Waals surface area contributed by atoms with Crippen LogP contribution in [-0.2, 0) is 14.3 Å². The maximum absolute atomic E-state index is 12.5. The molecule has 24 heavy (non-hydrogen) atoms. The number of nitrogens with zero attached hydrogens (tertiary/aromatic N) is 1. The standard InChI is InChI=1S/C19H26N2O3/c1-13-4-3-5-14(10-13)17-9-6-15(19(23)20-16-7-8-16)11-21(17)18(22)12-24-2/h3-5,10,15-17H,6-9,11-12H2,1-2H3,(H,20,23). The quantitative estimate of drug-likeness (QED) is 0.900. The lowest BCUT2D eigenvalue weighted by Gasteiger charge is -2.39. The number of methoxy groups -OCH3 is 1. The number of ether oxygens (including phenoxy) is 1. The van der Waals surface area contributed by atoms with Crippen molar-refractivity contribution in [3.05, 3.63) is 35.4 Å². The molecular formula is C19H26N2O3. The molecule has 5 nitrogen and oxygen atoms in total. The van der Waals surface area contributed by atoms with Gasteiger partial charge in [0.05, 0.1) is 12.0 Å². The van der Waals surface area contributed by atoms with Gasteiger partial charge in [-0.3, -0.25) is 9.59 Å². The minimum absolute atomic E-state index is 0.0255. The van der Waals surface area contributed by atoms with Crippen molar-refractivity contribution in [3.8, 4) is 0 Å². The SMILES string of the molecule is COCC(=O)N1CC(C(=O)NC2CC2)CCC1c1cccc(C)c1. The highest BCUT2D eigenvalue weighted by Crippen LogP contribution is 2.34. The molecule has 2 unspecified atom stereocenters. The van der Waals surface area contributed by atoms with Crippen LogP contribution in [0.4, 0.5) is 0 Å². The summed E-state index contributed by atoms with van der Waals surface area (Å²) in [7, 11) is 1.53. The van der Waals surface area contributed by atoms with E-state index in [2.05, 4.69) is 30.4 Å². The Bertz CT molecular complexity index is 612. The van der Waals surface area contributed by atoms with E-state index in [1.54, 1.807) is 0 Å². The Morgan fingerprint density at radius 2 is 2.04 bits per heavy atom. The smallest absolute Gasteiger partial charge is 0.249 e. The van der Waals surface area contributed by atoms with Crippen LogP contribution in [0.2, 0.25) is 0 Å². The van der Waals surface area contributed by atoms with Crippen LogP contribution in [0.3, 0.4) is 0 Å². The second-order valence-electron chi connectivity index (χ2n) is 6.97. The second-order valence-corrected chi connectivity index (χ2v) is 6.97. The first-order valence-electron chi connectivity index (χ1n) is 8.74. The average molecular weight is 330 g/mol. The Balaban J connectivity index is 1.76. The third-order valence-corrected chi connectivity index (χ3v) is 4.89. The van der Waals surface area contributed by atoms with Crippen molar-refractivity contribution in [2.75, 3.05) is 20.3 Å². The Morgan fingerprint density at radius 1 is 1.25 bits per heavy atom. The van der Waals surface area contributed by atoms with E-state index in [4.69, 9.17) is 4.74 Å². The molecule has 1 N–H and O–H groups in total. The molecule has 2 aliphatic rings. The van der Waals surface area contributed by atoms with Crippen LogP contribution in [0, 0.1) is 12.8 Å². The van der Waals surface area contributed by atoms with Gasteiger partial charge in [-0.05, 0) is 38.2 Å². The first kappa shape index (κ1) is 17.0. The molecule has 5 heteroatoms. The average Bonchev–Trinajstić information content (AvgIpc) is 3.38. The van der Waals surface area contributed by atoms with Gasteiger partial charge in [0.1, 0.15) is 6.61 Å². The topological polar surface area (TPSA) is 58.6 Å². The highest BCUT2D eigenvalue weighted by atomic mass is 16.5. The first-order chi connectivity index (χ1) is 11.6. The normalized spacial score (nSPS) is 23.8. The first-order valence-corrected chi connectivity index (χ1v) is 8.74. The van der Waals surface area contributed by atoms with E-state index < -0.39 is 0 Å². The van der Waals surface area contributed by atoms with Gasteiger partial charge >= 0.3 is 0 Å². The fourth-order valence-corrected chi connectivity index (χ4v) is 3.44. The van der Waals surface area contributed by atoms with Gasteiger partial charge in [-0.25, -0.2) is 0 Å². The monoisotopic (exact) mass is 330 g/mol. The van der Waals surface area contributed by atoms with Crippen molar-refractivity contribution in [2.45, 2.75) is 44.7 Å². The largest absolute Gasteiger partial charge is 0.375 e. The molecule has 1 aromatic rings. The number of hydrogen-bond acceptors (Lipinski definition) is 3. The number of rotatable bonds is 5. The zero-order chi connectivity index (χ0) is 17.1. The summed E-state index contributed by atoms with van der Waals surface area (Å²) in [4.78, 5) is 26.8. The van der Waals surface area contributed by atoms with Crippen LogP contribution in [0.1, 0.15) is 42.9 Å². The van der Waals surface area contributed by atoms with Crippen LogP contribution in [0.5, 0.6) is 0 Å².